The number of nitrogens with zero attached hydrogens (tertiary/aromatic N) is 2. The van der Waals surface area contributed by atoms with Crippen molar-refractivity contribution in [2.75, 3.05) is 0 Å². The number of fused-ring (bicyclic) bond motifs is 2. The molecule has 6 rings (SSSR count). The zero-order chi connectivity index (χ0) is 29.5. The number of thiophene rings is 2. The zero-order valence-corrected chi connectivity index (χ0v) is 25.9. The van der Waals surface area contributed by atoms with E-state index in [-0.39, 0.29) is 42.8 Å². The first-order valence-corrected chi connectivity index (χ1v) is 13.7. The Morgan fingerprint density at radius 1 is 0.786 bits per heavy atom. The Balaban J connectivity index is 0.000000186. The molecule has 6 aromatic rings. The van der Waals surface area contributed by atoms with E-state index >= 15 is 0 Å². The molecular weight excluding hydrogens is 765 g/mol. The number of carbonyl (C=O) groups excluding carboxylic acids is 1. The van der Waals surface area contributed by atoms with Crippen LogP contribution in [0.3, 0.4) is 0 Å². The Morgan fingerprint density at radius 3 is 1.55 bits per heavy atom. The van der Waals surface area contributed by atoms with E-state index in [4.69, 9.17) is 5.11 Å². The smallest absolute Gasteiger partial charge is 0.155 e. The molecule has 4 nitrogen and oxygen atoms in total. The van der Waals surface area contributed by atoms with Crippen molar-refractivity contribution in [3.63, 3.8) is 0 Å². The number of ketones is 1. The number of carbonyl (C=O) groups is 1. The van der Waals surface area contributed by atoms with Gasteiger partial charge in [0.1, 0.15) is 0 Å². The van der Waals surface area contributed by atoms with Crippen molar-refractivity contribution in [2.24, 2.45) is 0 Å². The second-order valence-electron chi connectivity index (χ2n) is 8.46. The number of aliphatic hydroxyl groups is 1. The van der Waals surface area contributed by atoms with Gasteiger partial charge < -0.3 is 15.1 Å². The van der Waals surface area contributed by atoms with Crippen LogP contribution in [0.1, 0.15) is 13.8 Å². The van der Waals surface area contributed by atoms with Crippen molar-refractivity contribution in [1.29, 1.82) is 0 Å². The SMILES string of the molecule is CC(=O)C=C(C)O.Fc1c[c-]c(-c2nccc3sccc23)c(F)c1.Fc1c[c-]c(-c2nccc3sccc23)c(F)c1.[Ir]. The third-order valence-corrected chi connectivity index (χ3v) is 7.13. The van der Waals surface area contributed by atoms with Crippen molar-refractivity contribution >= 4 is 48.6 Å². The van der Waals surface area contributed by atoms with Gasteiger partial charge in [-0.15, -0.1) is 46.9 Å². The third kappa shape index (κ3) is 8.17. The van der Waals surface area contributed by atoms with Gasteiger partial charge in [-0.3, -0.25) is 22.4 Å². The molecule has 0 saturated carbocycles. The Morgan fingerprint density at radius 2 is 1.21 bits per heavy atom. The number of aliphatic hydroxyl groups excluding tert-OH is 1. The molecule has 217 valence electrons. The van der Waals surface area contributed by atoms with Crippen molar-refractivity contribution in [3.05, 3.63) is 119 Å². The molecule has 0 amide bonds. The minimum atomic E-state index is -0.642. The van der Waals surface area contributed by atoms with Crippen LogP contribution < -0.4 is 0 Å². The van der Waals surface area contributed by atoms with Crippen LogP contribution >= 0.6 is 22.7 Å². The number of hydrogen-bond acceptors (Lipinski definition) is 6. The summed E-state index contributed by atoms with van der Waals surface area (Å²) in [6.45, 7) is 2.85. The van der Waals surface area contributed by atoms with E-state index in [1.807, 2.05) is 35.0 Å². The molecule has 4 aromatic heterocycles. The van der Waals surface area contributed by atoms with Crippen LogP contribution in [-0.2, 0) is 24.9 Å². The molecule has 0 aliphatic rings. The quantitative estimate of drug-likeness (QED) is 0.0843. The minimum Gasteiger partial charge on any atom is -0.512 e. The number of allylic oxidation sites excluding steroid dienone is 2. The monoisotopic (exact) mass is 785 g/mol. The molecule has 0 bridgehead atoms. The van der Waals surface area contributed by atoms with Gasteiger partial charge in [0.05, 0.1) is 5.76 Å². The fraction of sp³-hybridized carbons (Fsp3) is 0.0645. The molecule has 0 aliphatic heterocycles. The summed E-state index contributed by atoms with van der Waals surface area (Å²) in [5.74, 6) is -2.62. The van der Waals surface area contributed by atoms with Gasteiger partial charge in [-0.25, -0.2) is 0 Å². The molecule has 42 heavy (non-hydrogen) atoms. The molecule has 0 unspecified atom stereocenters. The van der Waals surface area contributed by atoms with Gasteiger partial charge in [-0.05, 0) is 58.9 Å². The van der Waals surface area contributed by atoms with Crippen LogP contribution in [0.5, 0.6) is 0 Å². The van der Waals surface area contributed by atoms with Gasteiger partial charge in [0, 0.05) is 71.2 Å². The predicted molar refractivity (Wildman–Crippen MR) is 155 cm³/mol. The number of pyridine rings is 2. The number of halogens is 4. The molecular formula is C31H20F4IrN2O2S2-2. The standard InChI is InChI=1S/2C13H6F2NS.C5H8O2.Ir/c2*14-8-1-2-9(11(15)7-8)13-10-4-6-17-12(10)3-5-16-13;1-4(6)3-5(2)7;/h2*1,3-7H;3,6H,1-2H3;/q2*-1;;. The molecule has 4 heterocycles. The average Bonchev–Trinajstić information content (AvgIpc) is 3.59. The Kier molecular flexibility index (Phi) is 11.6. The fourth-order valence-corrected chi connectivity index (χ4v) is 5.30. The second-order valence-corrected chi connectivity index (χ2v) is 10.4. The van der Waals surface area contributed by atoms with E-state index in [2.05, 4.69) is 22.1 Å². The first-order valence-electron chi connectivity index (χ1n) is 11.9. The predicted octanol–water partition coefficient (Wildman–Crippen LogP) is 9.12. The Bertz CT molecular complexity index is 1750. The van der Waals surface area contributed by atoms with Gasteiger partial charge in [0.25, 0.3) is 0 Å². The van der Waals surface area contributed by atoms with E-state index in [1.165, 1.54) is 19.9 Å². The minimum absolute atomic E-state index is 0. The van der Waals surface area contributed by atoms with Crippen molar-refractivity contribution < 1.29 is 47.6 Å². The van der Waals surface area contributed by atoms with Crippen LogP contribution in [0.2, 0.25) is 0 Å². The van der Waals surface area contributed by atoms with Crippen molar-refractivity contribution in [2.45, 2.75) is 13.8 Å². The van der Waals surface area contributed by atoms with E-state index in [1.54, 1.807) is 35.1 Å². The molecule has 11 heteroatoms. The maximum Gasteiger partial charge on any atom is 0.155 e. The van der Waals surface area contributed by atoms with Gasteiger partial charge >= 0.3 is 0 Å². The van der Waals surface area contributed by atoms with Gasteiger partial charge in [-0.2, -0.15) is 0 Å². The van der Waals surface area contributed by atoms with Crippen LogP contribution in [0.4, 0.5) is 17.6 Å². The molecule has 0 aliphatic carbocycles. The maximum atomic E-state index is 13.7. The van der Waals surface area contributed by atoms with Crippen LogP contribution in [0.15, 0.2) is 83.5 Å². The number of rotatable bonds is 3. The van der Waals surface area contributed by atoms with E-state index in [9.17, 15) is 22.4 Å². The van der Waals surface area contributed by atoms with Crippen LogP contribution in [0.25, 0.3) is 42.7 Å². The molecule has 0 fully saturated rings. The largest absolute Gasteiger partial charge is 0.512 e. The summed E-state index contributed by atoms with van der Waals surface area (Å²) < 4.78 is 55.0. The summed E-state index contributed by atoms with van der Waals surface area (Å²) in [4.78, 5) is 18.3. The molecule has 1 radical (unpaired) electrons. The number of aromatic nitrogens is 2. The molecule has 1 N–H and O–H groups in total. The summed E-state index contributed by atoms with van der Waals surface area (Å²) in [6, 6.07) is 16.6. The Hall–Kier alpha value is -3.76. The fourth-order valence-electron chi connectivity index (χ4n) is 3.73. The van der Waals surface area contributed by atoms with Crippen LogP contribution in [0, 0.1) is 35.4 Å². The topological polar surface area (TPSA) is 63.1 Å². The van der Waals surface area contributed by atoms with Gasteiger partial charge in [0.15, 0.2) is 5.78 Å². The Labute approximate surface area is 260 Å². The second kappa shape index (κ2) is 14.9. The van der Waals surface area contributed by atoms with Gasteiger partial charge in [-0.1, -0.05) is 35.4 Å². The van der Waals surface area contributed by atoms with Gasteiger partial charge in [0.2, 0.25) is 0 Å². The van der Waals surface area contributed by atoms with E-state index in [0.717, 1.165) is 44.4 Å². The van der Waals surface area contributed by atoms with E-state index < -0.39 is 23.3 Å². The molecule has 0 atom stereocenters. The maximum absolute atomic E-state index is 13.7. The normalized spacial score (nSPS) is 10.8. The summed E-state index contributed by atoms with van der Waals surface area (Å²) >= 11 is 3.11. The zero-order valence-electron chi connectivity index (χ0n) is 21.9. The van der Waals surface area contributed by atoms with Crippen molar-refractivity contribution in [1.82, 2.24) is 9.97 Å². The van der Waals surface area contributed by atoms with E-state index in [0.29, 0.717) is 11.4 Å². The summed E-state index contributed by atoms with van der Waals surface area (Å²) in [7, 11) is 0. The third-order valence-electron chi connectivity index (χ3n) is 5.36. The molecule has 2 aromatic carbocycles. The number of hydrogen-bond donors (Lipinski definition) is 1. The van der Waals surface area contributed by atoms with Crippen molar-refractivity contribution in [3.8, 4) is 22.5 Å². The molecule has 0 spiro atoms. The summed E-state index contributed by atoms with van der Waals surface area (Å²) in [6.07, 6.45) is 4.40. The summed E-state index contributed by atoms with van der Waals surface area (Å²) in [5, 5.41) is 13.9. The summed E-state index contributed by atoms with van der Waals surface area (Å²) in [5.41, 5.74) is 1.41. The molecule has 0 saturated heterocycles. The average molecular weight is 785 g/mol. The first kappa shape index (κ1) is 32.8. The number of benzene rings is 2. The first-order chi connectivity index (χ1) is 19.6. The van der Waals surface area contributed by atoms with Crippen LogP contribution in [-0.4, -0.2) is 20.9 Å².